The summed E-state index contributed by atoms with van der Waals surface area (Å²) in [5, 5.41) is 9.00. The predicted octanol–water partition coefficient (Wildman–Crippen LogP) is 1.36. The maximum absolute atomic E-state index is 12.1. The Hall–Kier alpha value is -2.24. The number of rotatable bonds is 4. The quantitative estimate of drug-likeness (QED) is 0.811. The van der Waals surface area contributed by atoms with Gasteiger partial charge >= 0.3 is 5.97 Å². The normalized spacial score (nSPS) is 15.9. The lowest BCUT2D eigenvalue weighted by Crippen LogP contribution is -2.38. The van der Waals surface area contributed by atoms with E-state index in [0.717, 1.165) is 25.9 Å². The number of benzene rings is 1. The molecule has 1 amide bonds. The van der Waals surface area contributed by atoms with Crippen LogP contribution in [0.1, 0.15) is 30.1 Å². The molecule has 1 unspecified atom stereocenters. The summed E-state index contributed by atoms with van der Waals surface area (Å²) in [5.74, 6) is -0.862. The fraction of sp³-hybridized carbons (Fsp3) is 0.429. The van der Waals surface area contributed by atoms with Crippen LogP contribution in [-0.2, 0) is 4.79 Å². The number of carbonyl (C=O) groups is 2. The first kappa shape index (κ1) is 14.2. The number of hydrogen-bond donors (Lipinski definition) is 2. The number of anilines is 1. The first-order chi connectivity index (χ1) is 9.49. The third-order valence-corrected chi connectivity index (χ3v) is 3.33. The summed E-state index contributed by atoms with van der Waals surface area (Å²) in [4.78, 5) is 24.9. The van der Waals surface area contributed by atoms with Crippen molar-refractivity contribution in [1.29, 1.82) is 0 Å². The zero-order chi connectivity index (χ0) is 14.7. The maximum Gasteiger partial charge on any atom is 0.337 e. The van der Waals surface area contributed by atoms with Gasteiger partial charge in [0.05, 0.1) is 5.56 Å². The van der Waals surface area contributed by atoms with Crippen molar-refractivity contribution in [3.05, 3.63) is 23.8 Å². The summed E-state index contributed by atoms with van der Waals surface area (Å²) in [7, 11) is 0. The van der Waals surface area contributed by atoms with Crippen LogP contribution in [0.4, 0.5) is 5.69 Å². The van der Waals surface area contributed by atoms with E-state index in [1.165, 1.54) is 12.1 Å². The minimum Gasteiger partial charge on any atom is -0.481 e. The second kappa shape index (κ2) is 5.81. The zero-order valence-corrected chi connectivity index (χ0v) is 11.3. The van der Waals surface area contributed by atoms with Crippen molar-refractivity contribution in [1.82, 2.24) is 4.90 Å². The van der Waals surface area contributed by atoms with Gasteiger partial charge in [0.2, 0.25) is 0 Å². The molecule has 0 bridgehead atoms. The number of nitrogens with zero attached hydrogens (tertiary/aromatic N) is 1. The smallest absolute Gasteiger partial charge is 0.337 e. The van der Waals surface area contributed by atoms with Gasteiger partial charge in [0, 0.05) is 18.8 Å². The molecular formula is C14H18N2O4. The number of aromatic carboxylic acids is 1. The van der Waals surface area contributed by atoms with E-state index in [1.54, 1.807) is 17.9 Å². The van der Waals surface area contributed by atoms with E-state index in [-0.39, 0.29) is 17.2 Å². The van der Waals surface area contributed by atoms with Crippen LogP contribution >= 0.6 is 0 Å². The van der Waals surface area contributed by atoms with Gasteiger partial charge in [-0.25, -0.2) is 4.79 Å². The van der Waals surface area contributed by atoms with Gasteiger partial charge in [-0.2, -0.15) is 0 Å². The first-order valence-corrected chi connectivity index (χ1v) is 6.57. The lowest BCUT2D eigenvalue weighted by atomic mass is 10.1. The topological polar surface area (TPSA) is 92.9 Å². The van der Waals surface area contributed by atoms with Crippen molar-refractivity contribution in [2.24, 2.45) is 0 Å². The Balaban J connectivity index is 2.07. The SMILES string of the molecule is CC(Oc1ccc(N)c(C(=O)O)c1)C(=O)N1CCCC1. The highest BCUT2D eigenvalue weighted by Crippen LogP contribution is 2.21. The second-order valence-electron chi connectivity index (χ2n) is 4.85. The van der Waals surface area contributed by atoms with Crippen LogP contribution in [0.15, 0.2) is 18.2 Å². The van der Waals surface area contributed by atoms with E-state index in [4.69, 9.17) is 15.6 Å². The van der Waals surface area contributed by atoms with Crippen molar-refractivity contribution in [2.45, 2.75) is 25.9 Å². The van der Waals surface area contributed by atoms with Crippen LogP contribution < -0.4 is 10.5 Å². The van der Waals surface area contributed by atoms with Crippen molar-refractivity contribution in [3.63, 3.8) is 0 Å². The fourth-order valence-electron chi connectivity index (χ4n) is 2.24. The lowest BCUT2D eigenvalue weighted by Gasteiger charge is -2.21. The number of ether oxygens (including phenoxy) is 1. The average Bonchev–Trinajstić information content (AvgIpc) is 2.93. The Morgan fingerprint density at radius 2 is 2.00 bits per heavy atom. The first-order valence-electron chi connectivity index (χ1n) is 6.57. The third-order valence-electron chi connectivity index (χ3n) is 3.33. The molecule has 1 fully saturated rings. The summed E-state index contributed by atoms with van der Waals surface area (Å²) in [6.45, 7) is 3.18. The van der Waals surface area contributed by atoms with Gasteiger partial charge in [0.1, 0.15) is 5.75 Å². The van der Waals surface area contributed by atoms with Crippen molar-refractivity contribution >= 4 is 17.6 Å². The fourth-order valence-corrected chi connectivity index (χ4v) is 2.24. The molecule has 1 heterocycles. The Kier molecular flexibility index (Phi) is 4.12. The predicted molar refractivity (Wildman–Crippen MR) is 73.7 cm³/mol. The van der Waals surface area contributed by atoms with E-state index < -0.39 is 12.1 Å². The molecule has 1 saturated heterocycles. The summed E-state index contributed by atoms with van der Waals surface area (Å²) in [6, 6.07) is 4.37. The third kappa shape index (κ3) is 3.01. The number of hydrogen-bond acceptors (Lipinski definition) is 4. The number of amides is 1. The van der Waals surface area contributed by atoms with Crippen LogP contribution in [0.2, 0.25) is 0 Å². The van der Waals surface area contributed by atoms with Crippen molar-refractivity contribution < 1.29 is 19.4 Å². The zero-order valence-electron chi connectivity index (χ0n) is 11.3. The van der Waals surface area contributed by atoms with Gasteiger partial charge in [-0.1, -0.05) is 0 Å². The molecule has 2 rings (SSSR count). The molecule has 1 atom stereocenters. The van der Waals surface area contributed by atoms with E-state index in [9.17, 15) is 9.59 Å². The molecule has 1 aliphatic heterocycles. The molecule has 1 aromatic rings. The number of nitrogens with two attached hydrogens (primary N) is 1. The van der Waals surface area contributed by atoms with Crippen LogP contribution in [0.5, 0.6) is 5.75 Å². The number of likely N-dealkylation sites (tertiary alicyclic amines) is 1. The van der Waals surface area contributed by atoms with E-state index in [2.05, 4.69) is 0 Å². The van der Waals surface area contributed by atoms with Crippen LogP contribution in [0, 0.1) is 0 Å². The largest absolute Gasteiger partial charge is 0.481 e. The second-order valence-corrected chi connectivity index (χ2v) is 4.85. The number of carbonyl (C=O) groups excluding carboxylic acids is 1. The van der Waals surface area contributed by atoms with Gasteiger partial charge in [0.15, 0.2) is 6.10 Å². The highest BCUT2D eigenvalue weighted by Gasteiger charge is 2.24. The Bertz CT molecular complexity index is 524. The summed E-state index contributed by atoms with van der Waals surface area (Å²) in [6.07, 6.45) is 1.39. The summed E-state index contributed by atoms with van der Waals surface area (Å²) >= 11 is 0. The average molecular weight is 278 g/mol. The molecule has 1 aromatic carbocycles. The number of carboxylic acids is 1. The van der Waals surface area contributed by atoms with Crippen LogP contribution in [0.3, 0.4) is 0 Å². The monoisotopic (exact) mass is 278 g/mol. The molecule has 0 saturated carbocycles. The minimum absolute atomic E-state index is 0.0247. The number of carboxylic acid groups (broad SMARTS) is 1. The molecule has 0 radical (unpaired) electrons. The highest BCUT2D eigenvalue weighted by atomic mass is 16.5. The maximum atomic E-state index is 12.1. The van der Waals surface area contributed by atoms with E-state index in [1.807, 2.05) is 0 Å². The van der Waals surface area contributed by atoms with E-state index >= 15 is 0 Å². The van der Waals surface area contributed by atoms with Gasteiger partial charge < -0.3 is 20.5 Å². The van der Waals surface area contributed by atoms with Crippen LogP contribution in [0.25, 0.3) is 0 Å². The van der Waals surface area contributed by atoms with Crippen LogP contribution in [-0.4, -0.2) is 41.1 Å². The molecule has 20 heavy (non-hydrogen) atoms. The summed E-state index contributed by atoms with van der Waals surface area (Å²) < 4.78 is 5.52. The molecule has 0 aromatic heterocycles. The molecule has 0 aliphatic carbocycles. The van der Waals surface area contributed by atoms with Gasteiger partial charge in [-0.15, -0.1) is 0 Å². The summed E-state index contributed by atoms with van der Waals surface area (Å²) in [5.41, 5.74) is 5.71. The molecule has 1 aliphatic rings. The van der Waals surface area contributed by atoms with Crippen molar-refractivity contribution in [3.8, 4) is 5.75 Å². The minimum atomic E-state index is -1.12. The molecule has 108 valence electrons. The Morgan fingerprint density at radius 3 is 2.60 bits per heavy atom. The highest BCUT2D eigenvalue weighted by molar-refractivity contribution is 5.94. The standard InChI is InChI=1S/C14H18N2O4/c1-9(13(17)16-6-2-3-7-16)20-10-4-5-12(15)11(8-10)14(18)19/h4-5,8-9H,2-3,6-7,15H2,1H3,(H,18,19). The van der Waals surface area contributed by atoms with Gasteiger partial charge in [0.25, 0.3) is 5.91 Å². The van der Waals surface area contributed by atoms with Gasteiger partial charge in [-0.3, -0.25) is 4.79 Å². The molecular weight excluding hydrogens is 260 g/mol. The Morgan fingerprint density at radius 1 is 1.35 bits per heavy atom. The van der Waals surface area contributed by atoms with Gasteiger partial charge in [-0.05, 0) is 38.0 Å². The van der Waals surface area contributed by atoms with Crippen molar-refractivity contribution in [2.75, 3.05) is 18.8 Å². The molecule has 0 spiro atoms. The number of nitrogen functional groups attached to an aromatic ring is 1. The molecule has 3 N–H and O–H groups in total. The van der Waals surface area contributed by atoms with E-state index in [0.29, 0.717) is 5.75 Å². The lowest BCUT2D eigenvalue weighted by molar-refractivity contribution is -0.136. The molecule has 6 nitrogen and oxygen atoms in total. The molecule has 6 heteroatoms. The Labute approximate surface area is 117 Å².